The van der Waals surface area contributed by atoms with Crippen molar-refractivity contribution >= 4 is 16.9 Å². The first kappa shape index (κ1) is 10.7. The van der Waals surface area contributed by atoms with E-state index in [-0.39, 0.29) is 12.3 Å². The molecule has 0 aliphatic rings. The third-order valence-corrected chi connectivity index (χ3v) is 2.84. The van der Waals surface area contributed by atoms with E-state index in [1.807, 2.05) is 30.8 Å². The van der Waals surface area contributed by atoms with Gasteiger partial charge in [-0.25, -0.2) is 0 Å². The average molecular weight is 218 g/mol. The zero-order valence-corrected chi connectivity index (χ0v) is 9.34. The number of nitrogens with zero attached hydrogens (tertiary/aromatic N) is 2. The van der Waals surface area contributed by atoms with E-state index in [9.17, 15) is 4.79 Å². The highest BCUT2D eigenvalue weighted by Gasteiger charge is 2.15. The SMILES string of the molecule is CC(CC(=O)O)c1cn(C)c2cnccc12. The van der Waals surface area contributed by atoms with Crippen molar-refractivity contribution in [3.8, 4) is 0 Å². The minimum absolute atomic E-state index is 0.0172. The molecule has 1 atom stereocenters. The standard InChI is InChI=1S/C12H14N2O2/c1-8(5-12(15)16)10-7-14(2)11-6-13-4-3-9(10)11/h3-4,6-8H,5H2,1-2H3,(H,15,16). The monoisotopic (exact) mass is 218 g/mol. The molecule has 4 heteroatoms. The molecule has 2 aromatic rings. The third kappa shape index (κ3) is 1.78. The molecule has 1 N–H and O–H groups in total. The summed E-state index contributed by atoms with van der Waals surface area (Å²) < 4.78 is 1.98. The van der Waals surface area contributed by atoms with Gasteiger partial charge in [0.25, 0.3) is 0 Å². The number of carboxylic acids is 1. The third-order valence-electron chi connectivity index (χ3n) is 2.84. The molecule has 1 unspecified atom stereocenters. The molecular formula is C12H14N2O2. The van der Waals surface area contributed by atoms with Gasteiger partial charge in [0.15, 0.2) is 0 Å². The van der Waals surface area contributed by atoms with Crippen LogP contribution in [0.15, 0.2) is 24.7 Å². The van der Waals surface area contributed by atoms with E-state index in [1.54, 1.807) is 12.4 Å². The lowest BCUT2D eigenvalue weighted by atomic mass is 9.98. The maximum Gasteiger partial charge on any atom is 0.303 e. The summed E-state index contributed by atoms with van der Waals surface area (Å²) in [7, 11) is 1.95. The second-order valence-electron chi connectivity index (χ2n) is 4.09. The second-order valence-corrected chi connectivity index (χ2v) is 4.09. The van der Waals surface area contributed by atoms with Crippen LogP contribution < -0.4 is 0 Å². The van der Waals surface area contributed by atoms with Crippen LogP contribution in [-0.4, -0.2) is 20.6 Å². The van der Waals surface area contributed by atoms with Gasteiger partial charge in [-0.3, -0.25) is 9.78 Å². The first-order valence-corrected chi connectivity index (χ1v) is 5.20. The maximum absolute atomic E-state index is 10.7. The van der Waals surface area contributed by atoms with Crippen molar-refractivity contribution in [2.45, 2.75) is 19.3 Å². The Kier molecular flexibility index (Phi) is 2.64. The summed E-state index contributed by atoms with van der Waals surface area (Å²) in [6.07, 6.45) is 5.67. The van der Waals surface area contributed by atoms with Crippen molar-refractivity contribution in [2.24, 2.45) is 7.05 Å². The highest BCUT2D eigenvalue weighted by molar-refractivity contribution is 5.84. The minimum atomic E-state index is -0.765. The number of fused-ring (bicyclic) bond motifs is 1. The zero-order chi connectivity index (χ0) is 11.7. The number of pyridine rings is 1. The fourth-order valence-corrected chi connectivity index (χ4v) is 2.02. The van der Waals surface area contributed by atoms with Crippen LogP contribution in [-0.2, 0) is 11.8 Å². The Hall–Kier alpha value is -1.84. The van der Waals surface area contributed by atoms with Gasteiger partial charge in [0.2, 0.25) is 0 Å². The van der Waals surface area contributed by atoms with Crippen LogP contribution in [0.2, 0.25) is 0 Å². The van der Waals surface area contributed by atoms with Gasteiger partial charge in [-0.15, -0.1) is 0 Å². The molecule has 16 heavy (non-hydrogen) atoms. The summed E-state index contributed by atoms with van der Waals surface area (Å²) in [6.45, 7) is 1.93. The molecule has 0 saturated heterocycles. The van der Waals surface area contributed by atoms with Crippen molar-refractivity contribution in [3.05, 3.63) is 30.2 Å². The Morgan fingerprint density at radius 1 is 1.62 bits per heavy atom. The van der Waals surface area contributed by atoms with E-state index in [4.69, 9.17) is 5.11 Å². The molecule has 0 aliphatic carbocycles. The zero-order valence-electron chi connectivity index (χ0n) is 9.34. The van der Waals surface area contributed by atoms with Crippen molar-refractivity contribution in [1.82, 2.24) is 9.55 Å². The van der Waals surface area contributed by atoms with Gasteiger partial charge in [-0.05, 0) is 17.5 Å². The van der Waals surface area contributed by atoms with Crippen molar-refractivity contribution < 1.29 is 9.90 Å². The maximum atomic E-state index is 10.7. The first-order valence-electron chi connectivity index (χ1n) is 5.20. The van der Waals surface area contributed by atoms with Crippen LogP contribution >= 0.6 is 0 Å². The number of carbonyl (C=O) groups is 1. The molecule has 0 radical (unpaired) electrons. The Morgan fingerprint density at radius 3 is 3.06 bits per heavy atom. The largest absolute Gasteiger partial charge is 0.481 e. The van der Waals surface area contributed by atoms with Crippen LogP contribution in [0.25, 0.3) is 10.9 Å². The second kappa shape index (κ2) is 3.96. The topological polar surface area (TPSA) is 55.1 Å². The van der Waals surface area contributed by atoms with Gasteiger partial charge >= 0.3 is 5.97 Å². The van der Waals surface area contributed by atoms with Crippen LogP contribution in [0.1, 0.15) is 24.8 Å². The number of aliphatic carboxylic acids is 1. The molecule has 2 aromatic heterocycles. The van der Waals surface area contributed by atoms with Crippen LogP contribution in [0, 0.1) is 0 Å². The normalized spacial score (nSPS) is 12.9. The van der Waals surface area contributed by atoms with Crippen molar-refractivity contribution in [2.75, 3.05) is 0 Å². The highest BCUT2D eigenvalue weighted by atomic mass is 16.4. The lowest BCUT2D eigenvalue weighted by Gasteiger charge is -2.06. The molecule has 0 aliphatic heterocycles. The number of hydrogen-bond acceptors (Lipinski definition) is 2. The highest BCUT2D eigenvalue weighted by Crippen LogP contribution is 2.28. The average Bonchev–Trinajstić information content (AvgIpc) is 2.56. The van der Waals surface area contributed by atoms with Crippen molar-refractivity contribution in [3.63, 3.8) is 0 Å². The molecule has 2 rings (SSSR count). The summed E-state index contributed by atoms with van der Waals surface area (Å²) in [5.74, 6) is -0.748. The summed E-state index contributed by atoms with van der Waals surface area (Å²) in [6, 6.07) is 1.93. The lowest BCUT2D eigenvalue weighted by molar-refractivity contribution is -0.137. The Labute approximate surface area is 93.5 Å². The Morgan fingerprint density at radius 2 is 2.38 bits per heavy atom. The number of aromatic nitrogens is 2. The van der Waals surface area contributed by atoms with Crippen LogP contribution in [0.3, 0.4) is 0 Å². The van der Waals surface area contributed by atoms with Gasteiger partial charge in [-0.2, -0.15) is 0 Å². The molecular weight excluding hydrogens is 204 g/mol. The molecule has 2 heterocycles. The Bertz CT molecular complexity index is 531. The Balaban J connectivity index is 2.48. The van der Waals surface area contributed by atoms with E-state index in [2.05, 4.69) is 4.98 Å². The molecule has 0 amide bonds. The molecule has 0 fully saturated rings. The number of aryl methyl sites for hydroxylation is 1. The predicted octanol–water partition coefficient (Wildman–Crippen LogP) is 2.15. The van der Waals surface area contributed by atoms with E-state index in [0.29, 0.717) is 0 Å². The minimum Gasteiger partial charge on any atom is -0.481 e. The van der Waals surface area contributed by atoms with Gasteiger partial charge in [0, 0.05) is 24.8 Å². The first-order chi connectivity index (χ1) is 7.59. The molecule has 0 spiro atoms. The fraction of sp³-hybridized carbons (Fsp3) is 0.333. The quantitative estimate of drug-likeness (QED) is 0.858. The van der Waals surface area contributed by atoms with Gasteiger partial charge in [0.1, 0.15) is 0 Å². The van der Waals surface area contributed by atoms with Gasteiger partial charge in [-0.1, -0.05) is 6.92 Å². The molecule has 0 aromatic carbocycles. The molecule has 0 bridgehead atoms. The van der Waals surface area contributed by atoms with Gasteiger partial charge < -0.3 is 9.67 Å². The summed E-state index contributed by atoms with van der Waals surface area (Å²) >= 11 is 0. The lowest BCUT2D eigenvalue weighted by Crippen LogP contribution is -2.02. The van der Waals surface area contributed by atoms with E-state index < -0.39 is 5.97 Å². The fourth-order valence-electron chi connectivity index (χ4n) is 2.02. The molecule has 0 saturated carbocycles. The molecule has 4 nitrogen and oxygen atoms in total. The van der Waals surface area contributed by atoms with E-state index in [0.717, 1.165) is 16.5 Å². The summed E-state index contributed by atoms with van der Waals surface area (Å²) in [5, 5.41) is 9.89. The smallest absolute Gasteiger partial charge is 0.303 e. The van der Waals surface area contributed by atoms with E-state index >= 15 is 0 Å². The summed E-state index contributed by atoms with van der Waals surface area (Å²) in [5.41, 5.74) is 2.11. The van der Waals surface area contributed by atoms with Crippen LogP contribution in [0.4, 0.5) is 0 Å². The number of carboxylic acid groups (broad SMARTS) is 1. The molecule has 84 valence electrons. The summed E-state index contributed by atoms with van der Waals surface area (Å²) in [4.78, 5) is 14.8. The van der Waals surface area contributed by atoms with Crippen molar-refractivity contribution in [1.29, 1.82) is 0 Å². The van der Waals surface area contributed by atoms with Crippen LogP contribution in [0.5, 0.6) is 0 Å². The number of rotatable bonds is 3. The van der Waals surface area contributed by atoms with Gasteiger partial charge in [0.05, 0.1) is 18.1 Å². The predicted molar refractivity (Wildman–Crippen MR) is 61.4 cm³/mol. The van der Waals surface area contributed by atoms with E-state index in [1.165, 1.54) is 0 Å². The number of hydrogen-bond donors (Lipinski definition) is 1.